The Balaban J connectivity index is 1.88. The lowest BCUT2D eigenvalue weighted by atomic mass is 10.0. The van der Waals surface area contributed by atoms with Crippen LogP contribution in [0.25, 0.3) is 5.69 Å². The molecule has 6 heteroatoms. The van der Waals surface area contributed by atoms with Gasteiger partial charge in [-0.2, -0.15) is 5.10 Å². The highest BCUT2D eigenvalue weighted by atomic mass is 16.4. The van der Waals surface area contributed by atoms with E-state index >= 15 is 0 Å². The molecule has 1 amide bonds. The number of nitrogens with zero attached hydrogens (tertiary/aromatic N) is 2. The van der Waals surface area contributed by atoms with Gasteiger partial charge >= 0.3 is 5.97 Å². The average molecular weight is 329 g/mol. The number of aliphatic carboxylic acids is 1. The molecule has 0 radical (unpaired) electrons. The van der Waals surface area contributed by atoms with Gasteiger partial charge in [0.25, 0.3) is 0 Å². The summed E-state index contributed by atoms with van der Waals surface area (Å²) in [5.41, 5.74) is 1.89. The quantitative estimate of drug-likeness (QED) is 0.779. The third kappa shape index (κ3) is 5.22. The molecule has 24 heavy (non-hydrogen) atoms. The zero-order chi connectivity index (χ0) is 17.5. The van der Waals surface area contributed by atoms with E-state index in [0.29, 0.717) is 12.8 Å². The number of carboxylic acids is 1. The number of hydrogen-bond donors (Lipinski definition) is 2. The van der Waals surface area contributed by atoms with Gasteiger partial charge in [0.15, 0.2) is 0 Å². The maximum atomic E-state index is 12.0. The van der Waals surface area contributed by atoms with Crippen LogP contribution in [0, 0.1) is 5.92 Å². The molecule has 2 rings (SSSR count). The van der Waals surface area contributed by atoms with Gasteiger partial charge in [0, 0.05) is 12.6 Å². The topological polar surface area (TPSA) is 84.2 Å². The maximum absolute atomic E-state index is 12.0. The predicted molar refractivity (Wildman–Crippen MR) is 90.9 cm³/mol. The van der Waals surface area contributed by atoms with Crippen LogP contribution in [0.1, 0.15) is 32.3 Å². The highest BCUT2D eigenvalue weighted by Crippen LogP contribution is 2.10. The lowest BCUT2D eigenvalue weighted by Crippen LogP contribution is -2.41. The molecule has 1 atom stereocenters. The first-order chi connectivity index (χ1) is 11.5. The van der Waals surface area contributed by atoms with Gasteiger partial charge in [0.2, 0.25) is 5.91 Å². The van der Waals surface area contributed by atoms with Gasteiger partial charge in [-0.15, -0.1) is 0 Å². The van der Waals surface area contributed by atoms with E-state index in [4.69, 9.17) is 5.11 Å². The minimum Gasteiger partial charge on any atom is -0.480 e. The molecule has 2 aromatic rings. The highest BCUT2D eigenvalue weighted by Gasteiger charge is 2.20. The van der Waals surface area contributed by atoms with E-state index < -0.39 is 12.0 Å². The van der Waals surface area contributed by atoms with Crippen molar-refractivity contribution in [3.63, 3.8) is 0 Å². The molecule has 0 aliphatic heterocycles. The maximum Gasteiger partial charge on any atom is 0.326 e. The van der Waals surface area contributed by atoms with E-state index in [0.717, 1.165) is 11.3 Å². The van der Waals surface area contributed by atoms with E-state index in [-0.39, 0.29) is 18.2 Å². The van der Waals surface area contributed by atoms with E-state index in [2.05, 4.69) is 10.4 Å². The zero-order valence-electron chi connectivity index (χ0n) is 14.0. The number of carboxylic acid groups (broad SMARTS) is 1. The Morgan fingerprint density at radius 1 is 1.25 bits per heavy atom. The number of hydrogen-bond acceptors (Lipinski definition) is 3. The van der Waals surface area contributed by atoms with Gasteiger partial charge in [-0.1, -0.05) is 32.0 Å². The summed E-state index contributed by atoms with van der Waals surface area (Å²) in [6.07, 6.45) is 4.79. The van der Waals surface area contributed by atoms with Crippen molar-refractivity contribution in [3.8, 4) is 5.69 Å². The van der Waals surface area contributed by atoms with Crippen LogP contribution < -0.4 is 5.32 Å². The van der Waals surface area contributed by atoms with Crippen LogP contribution in [0.3, 0.4) is 0 Å². The summed E-state index contributed by atoms with van der Waals surface area (Å²) in [5.74, 6) is -1.04. The number of aryl methyl sites for hydroxylation is 1. The molecule has 0 saturated carbocycles. The molecule has 1 aromatic carbocycles. The van der Waals surface area contributed by atoms with Crippen molar-refractivity contribution in [2.75, 3.05) is 0 Å². The summed E-state index contributed by atoms with van der Waals surface area (Å²) >= 11 is 0. The zero-order valence-corrected chi connectivity index (χ0v) is 14.0. The summed E-state index contributed by atoms with van der Waals surface area (Å²) in [4.78, 5) is 23.2. The van der Waals surface area contributed by atoms with Crippen LogP contribution in [-0.2, 0) is 16.0 Å². The number of amides is 1. The summed E-state index contributed by atoms with van der Waals surface area (Å²) in [5, 5.41) is 16.0. The van der Waals surface area contributed by atoms with Gasteiger partial charge in [0.05, 0.1) is 11.9 Å². The van der Waals surface area contributed by atoms with Crippen molar-refractivity contribution in [2.24, 2.45) is 5.92 Å². The standard InChI is InChI=1S/C18H23N3O3/c1-13(2)10-16(18(23)24)20-17(22)9-8-14-11-19-21(12-14)15-6-4-3-5-7-15/h3-7,11-13,16H,8-10H2,1-2H3,(H,20,22)(H,23,24)/t16-/m1/s1. The average Bonchev–Trinajstić information content (AvgIpc) is 3.01. The van der Waals surface area contributed by atoms with Crippen molar-refractivity contribution in [3.05, 3.63) is 48.3 Å². The van der Waals surface area contributed by atoms with Crippen LogP contribution in [-0.4, -0.2) is 32.8 Å². The Morgan fingerprint density at radius 2 is 1.96 bits per heavy atom. The number of carbonyl (C=O) groups excluding carboxylic acids is 1. The van der Waals surface area contributed by atoms with Gasteiger partial charge in [-0.25, -0.2) is 9.48 Å². The van der Waals surface area contributed by atoms with Crippen molar-refractivity contribution in [2.45, 2.75) is 39.2 Å². The van der Waals surface area contributed by atoms with Crippen LogP contribution in [0.4, 0.5) is 0 Å². The summed E-state index contributed by atoms with van der Waals surface area (Å²) in [7, 11) is 0. The molecule has 128 valence electrons. The van der Waals surface area contributed by atoms with Crippen LogP contribution in [0.2, 0.25) is 0 Å². The molecule has 0 saturated heterocycles. The first-order valence-corrected chi connectivity index (χ1v) is 8.07. The SMILES string of the molecule is CC(C)C[C@@H](NC(=O)CCc1cnn(-c2ccccc2)c1)C(=O)O. The Bertz CT molecular complexity index is 680. The highest BCUT2D eigenvalue weighted by molar-refractivity contribution is 5.83. The number of benzene rings is 1. The van der Waals surface area contributed by atoms with E-state index in [1.807, 2.05) is 50.4 Å². The second-order valence-electron chi connectivity index (χ2n) is 6.22. The molecule has 0 bridgehead atoms. The lowest BCUT2D eigenvalue weighted by Gasteiger charge is -2.16. The number of rotatable bonds is 8. The van der Waals surface area contributed by atoms with Gasteiger partial charge < -0.3 is 10.4 Å². The molecule has 0 aliphatic rings. The molecule has 6 nitrogen and oxygen atoms in total. The van der Waals surface area contributed by atoms with Crippen LogP contribution >= 0.6 is 0 Å². The Kier molecular flexibility index (Phi) is 6.12. The fourth-order valence-electron chi connectivity index (χ4n) is 2.43. The minimum absolute atomic E-state index is 0.204. The molecule has 0 aliphatic carbocycles. The fraction of sp³-hybridized carbons (Fsp3) is 0.389. The fourth-order valence-corrected chi connectivity index (χ4v) is 2.43. The van der Waals surface area contributed by atoms with Gasteiger partial charge in [0.1, 0.15) is 6.04 Å². The first-order valence-electron chi connectivity index (χ1n) is 8.07. The smallest absolute Gasteiger partial charge is 0.326 e. The van der Waals surface area contributed by atoms with Gasteiger partial charge in [-0.05, 0) is 36.5 Å². The van der Waals surface area contributed by atoms with Crippen molar-refractivity contribution >= 4 is 11.9 Å². The molecule has 2 N–H and O–H groups in total. The minimum atomic E-state index is -0.992. The number of aromatic nitrogens is 2. The normalized spacial score (nSPS) is 12.1. The van der Waals surface area contributed by atoms with Crippen molar-refractivity contribution in [1.82, 2.24) is 15.1 Å². The molecule has 1 aromatic heterocycles. The molecular weight excluding hydrogens is 306 g/mol. The second kappa shape index (κ2) is 8.29. The van der Waals surface area contributed by atoms with E-state index in [9.17, 15) is 9.59 Å². The Hall–Kier alpha value is -2.63. The molecule has 0 fully saturated rings. The molecule has 0 spiro atoms. The number of para-hydroxylation sites is 1. The second-order valence-corrected chi connectivity index (χ2v) is 6.22. The molecule has 1 heterocycles. The van der Waals surface area contributed by atoms with Crippen molar-refractivity contribution in [1.29, 1.82) is 0 Å². The van der Waals surface area contributed by atoms with Crippen LogP contribution in [0.5, 0.6) is 0 Å². The summed E-state index contributed by atoms with van der Waals surface area (Å²) in [6, 6.07) is 8.88. The summed E-state index contributed by atoms with van der Waals surface area (Å²) in [6.45, 7) is 3.86. The number of carbonyl (C=O) groups is 2. The molecular formula is C18H23N3O3. The largest absolute Gasteiger partial charge is 0.480 e. The third-order valence-corrected chi connectivity index (χ3v) is 3.64. The van der Waals surface area contributed by atoms with Crippen molar-refractivity contribution < 1.29 is 14.7 Å². The first kappa shape index (κ1) is 17.7. The predicted octanol–water partition coefficient (Wildman–Crippen LogP) is 2.42. The van der Waals surface area contributed by atoms with E-state index in [1.54, 1.807) is 10.9 Å². The third-order valence-electron chi connectivity index (χ3n) is 3.64. The van der Waals surface area contributed by atoms with E-state index in [1.165, 1.54) is 0 Å². The van der Waals surface area contributed by atoms with Gasteiger partial charge in [-0.3, -0.25) is 4.79 Å². The molecule has 0 unspecified atom stereocenters. The number of nitrogens with one attached hydrogen (secondary N) is 1. The Morgan fingerprint density at radius 3 is 2.58 bits per heavy atom. The lowest BCUT2D eigenvalue weighted by molar-refractivity contribution is -0.142. The Labute approximate surface area is 141 Å². The summed E-state index contributed by atoms with van der Waals surface area (Å²) < 4.78 is 1.76. The monoisotopic (exact) mass is 329 g/mol. The van der Waals surface area contributed by atoms with Crippen LogP contribution in [0.15, 0.2) is 42.7 Å².